The van der Waals surface area contributed by atoms with Gasteiger partial charge in [-0.1, -0.05) is 0 Å². The van der Waals surface area contributed by atoms with Gasteiger partial charge in [-0.3, -0.25) is 0 Å². The average molecular weight is 334 g/mol. The number of urea groups is 1. The van der Waals surface area contributed by atoms with Crippen LogP contribution in [-0.4, -0.2) is 25.2 Å². The standard InChI is InChI=1S/C12H14BrF2N3O/c13-11-9(15)4-7(14)5-10(11)18-12(19)17-6-8-2-1-3-16-8/h4-5,8,16H,1-3,6H2,(H2,17,18,19). The monoisotopic (exact) mass is 333 g/mol. The minimum atomic E-state index is -0.757. The van der Waals surface area contributed by atoms with Gasteiger partial charge in [0.05, 0.1) is 10.2 Å². The van der Waals surface area contributed by atoms with Gasteiger partial charge in [-0.25, -0.2) is 13.6 Å². The maximum Gasteiger partial charge on any atom is 0.319 e. The van der Waals surface area contributed by atoms with E-state index in [1.54, 1.807) is 0 Å². The molecule has 0 saturated carbocycles. The van der Waals surface area contributed by atoms with Gasteiger partial charge in [0.15, 0.2) is 0 Å². The van der Waals surface area contributed by atoms with Crippen LogP contribution in [0, 0.1) is 11.6 Å². The van der Waals surface area contributed by atoms with Crippen molar-refractivity contribution in [1.82, 2.24) is 10.6 Å². The third-order valence-corrected chi connectivity index (χ3v) is 3.72. The SMILES string of the molecule is O=C(NCC1CCCN1)Nc1cc(F)cc(F)c1Br. The van der Waals surface area contributed by atoms with E-state index in [9.17, 15) is 13.6 Å². The normalized spacial score (nSPS) is 18.4. The molecule has 1 atom stereocenters. The van der Waals surface area contributed by atoms with Crippen molar-refractivity contribution in [3.63, 3.8) is 0 Å². The summed E-state index contributed by atoms with van der Waals surface area (Å²) in [5, 5.41) is 8.31. The molecule has 1 aliphatic heterocycles. The number of anilines is 1. The highest BCUT2D eigenvalue weighted by molar-refractivity contribution is 9.10. The highest BCUT2D eigenvalue weighted by atomic mass is 79.9. The van der Waals surface area contributed by atoms with Gasteiger partial charge in [0, 0.05) is 18.7 Å². The van der Waals surface area contributed by atoms with Crippen molar-refractivity contribution in [3.05, 3.63) is 28.2 Å². The van der Waals surface area contributed by atoms with Crippen LogP contribution in [0.3, 0.4) is 0 Å². The molecule has 0 spiro atoms. The first kappa shape index (κ1) is 14.2. The summed E-state index contributed by atoms with van der Waals surface area (Å²) in [6.45, 7) is 1.44. The second-order valence-electron chi connectivity index (χ2n) is 4.38. The molecule has 1 aromatic carbocycles. The van der Waals surface area contributed by atoms with Crippen LogP contribution in [0.25, 0.3) is 0 Å². The van der Waals surface area contributed by atoms with Gasteiger partial charge in [0.25, 0.3) is 0 Å². The molecule has 1 heterocycles. The molecule has 3 N–H and O–H groups in total. The largest absolute Gasteiger partial charge is 0.336 e. The lowest BCUT2D eigenvalue weighted by atomic mass is 10.2. The molecule has 1 aliphatic rings. The molecule has 1 saturated heterocycles. The van der Waals surface area contributed by atoms with E-state index >= 15 is 0 Å². The van der Waals surface area contributed by atoms with E-state index in [1.807, 2.05) is 0 Å². The smallest absolute Gasteiger partial charge is 0.319 e. The third kappa shape index (κ3) is 3.87. The lowest BCUT2D eigenvalue weighted by Crippen LogP contribution is -2.39. The average Bonchev–Trinajstić information content (AvgIpc) is 2.86. The summed E-state index contributed by atoms with van der Waals surface area (Å²) in [7, 11) is 0. The number of hydrogen-bond acceptors (Lipinski definition) is 2. The minimum absolute atomic E-state index is 0.0306. The van der Waals surface area contributed by atoms with Crippen molar-refractivity contribution in [1.29, 1.82) is 0 Å². The summed E-state index contributed by atoms with van der Waals surface area (Å²) >= 11 is 2.96. The summed E-state index contributed by atoms with van der Waals surface area (Å²) in [5.41, 5.74) is 0.0642. The maximum atomic E-state index is 13.3. The molecule has 1 unspecified atom stereocenters. The zero-order valence-corrected chi connectivity index (χ0v) is 11.7. The van der Waals surface area contributed by atoms with Gasteiger partial charge in [0.2, 0.25) is 0 Å². The second-order valence-corrected chi connectivity index (χ2v) is 5.17. The Morgan fingerprint density at radius 2 is 2.26 bits per heavy atom. The molecule has 0 bridgehead atoms. The Morgan fingerprint density at radius 1 is 1.47 bits per heavy atom. The molecule has 7 heteroatoms. The van der Waals surface area contributed by atoms with E-state index in [1.165, 1.54) is 0 Å². The quantitative estimate of drug-likeness (QED) is 0.745. The van der Waals surface area contributed by atoms with Crippen molar-refractivity contribution >= 4 is 27.6 Å². The number of benzene rings is 1. The zero-order valence-electron chi connectivity index (χ0n) is 10.1. The Labute approximate surface area is 118 Å². The third-order valence-electron chi connectivity index (χ3n) is 2.91. The van der Waals surface area contributed by atoms with Crippen molar-refractivity contribution in [2.24, 2.45) is 0 Å². The van der Waals surface area contributed by atoms with E-state index in [-0.39, 0.29) is 16.2 Å². The highest BCUT2D eigenvalue weighted by Crippen LogP contribution is 2.26. The highest BCUT2D eigenvalue weighted by Gasteiger charge is 2.16. The first-order valence-corrected chi connectivity index (χ1v) is 6.78. The molecule has 0 radical (unpaired) electrons. The summed E-state index contributed by atoms with van der Waals surface area (Å²) in [6.07, 6.45) is 2.10. The molecule has 104 valence electrons. The summed E-state index contributed by atoms with van der Waals surface area (Å²) in [5.74, 6) is -1.50. The summed E-state index contributed by atoms with van der Waals surface area (Å²) < 4.78 is 26.3. The zero-order chi connectivity index (χ0) is 13.8. The molecule has 4 nitrogen and oxygen atoms in total. The first-order chi connectivity index (χ1) is 9.06. The van der Waals surface area contributed by atoms with Crippen LogP contribution < -0.4 is 16.0 Å². The van der Waals surface area contributed by atoms with Crippen LogP contribution in [0.15, 0.2) is 16.6 Å². The van der Waals surface area contributed by atoms with Crippen LogP contribution in [0.2, 0.25) is 0 Å². The van der Waals surface area contributed by atoms with Crippen molar-refractivity contribution < 1.29 is 13.6 Å². The van der Waals surface area contributed by atoms with Gasteiger partial charge in [-0.15, -0.1) is 0 Å². The fourth-order valence-electron chi connectivity index (χ4n) is 1.96. The van der Waals surface area contributed by atoms with Gasteiger partial charge in [-0.2, -0.15) is 0 Å². The second kappa shape index (κ2) is 6.29. The topological polar surface area (TPSA) is 53.2 Å². The van der Waals surface area contributed by atoms with Gasteiger partial charge in [-0.05, 0) is 41.4 Å². The number of rotatable bonds is 3. The fraction of sp³-hybridized carbons (Fsp3) is 0.417. The number of carbonyl (C=O) groups is 1. The lowest BCUT2D eigenvalue weighted by molar-refractivity contribution is 0.251. The van der Waals surface area contributed by atoms with Crippen molar-refractivity contribution in [2.75, 3.05) is 18.4 Å². The number of hydrogen-bond donors (Lipinski definition) is 3. The Hall–Kier alpha value is -1.21. The Bertz CT molecular complexity index is 478. The molecule has 0 aliphatic carbocycles. The Morgan fingerprint density at radius 3 is 2.95 bits per heavy atom. The molecule has 19 heavy (non-hydrogen) atoms. The van der Waals surface area contributed by atoms with Crippen LogP contribution in [0.4, 0.5) is 19.3 Å². The van der Waals surface area contributed by atoms with Crippen LogP contribution >= 0.6 is 15.9 Å². The number of carbonyl (C=O) groups excluding carboxylic acids is 1. The van der Waals surface area contributed by atoms with E-state index in [0.29, 0.717) is 6.54 Å². The number of amides is 2. The fourth-order valence-corrected chi connectivity index (χ4v) is 2.29. The van der Waals surface area contributed by atoms with E-state index < -0.39 is 17.7 Å². The first-order valence-electron chi connectivity index (χ1n) is 5.99. The molecule has 2 amide bonds. The van der Waals surface area contributed by atoms with Crippen molar-refractivity contribution in [2.45, 2.75) is 18.9 Å². The number of halogens is 3. The molecular weight excluding hydrogens is 320 g/mol. The Kier molecular flexibility index (Phi) is 4.71. The van der Waals surface area contributed by atoms with Crippen molar-refractivity contribution in [3.8, 4) is 0 Å². The molecule has 1 fully saturated rings. The van der Waals surface area contributed by atoms with Gasteiger partial charge in [0.1, 0.15) is 11.6 Å². The molecule has 1 aromatic rings. The number of nitrogens with one attached hydrogen (secondary N) is 3. The maximum absolute atomic E-state index is 13.3. The predicted molar refractivity (Wildman–Crippen MR) is 72.1 cm³/mol. The molecular formula is C12H14BrF2N3O. The van der Waals surface area contributed by atoms with Crippen LogP contribution in [0.5, 0.6) is 0 Å². The van der Waals surface area contributed by atoms with Crippen LogP contribution in [0.1, 0.15) is 12.8 Å². The van der Waals surface area contributed by atoms with E-state index in [2.05, 4.69) is 31.9 Å². The van der Waals surface area contributed by atoms with Gasteiger partial charge < -0.3 is 16.0 Å². The molecule has 0 aromatic heterocycles. The van der Waals surface area contributed by atoms with E-state index in [0.717, 1.165) is 31.5 Å². The minimum Gasteiger partial charge on any atom is -0.336 e. The lowest BCUT2D eigenvalue weighted by Gasteiger charge is -2.13. The van der Waals surface area contributed by atoms with Crippen LogP contribution in [-0.2, 0) is 0 Å². The summed E-state index contributed by atoms with van der Waals surface area (Å²) in [6, 6.07) is 1.58. The molecule has 2 rings (SSSR count). The summed E-state index contributed by atoms with van der Waals surface area (Å²) in [4.78, 5) is 11.6. The van der Waals surface area contributed by atoms with E-state index in [4.69, 9.17) is 0 Å². The van der Waals surface area contributed by atoms with Gasteiger partial charge >= 0.3 is 6.03 Å². The Balaban J connectivity index is 1.91. The predicted octanol–water partition coefficient (Wildman–Crippen LogP) is 2.60.